The molecule has 64 heavy (non-hydrogen) atoms. The molecule has 12 rings (SSSR count). The number of hydrogen-bond acceptors (Lipinski definition) is 4. The minimum Gasteiger partial charge on any atom is -0.493 e. The molecule has 0 atom stereocenters. The first-order valence-electron chi connectivity index (χ1n) is 25.2. The molecule has 4 nitrogen and oxygen atoms in total. The molecule has 0 unspecified atom stereocenters. The summed E-state index contributed by atoms with van der Waals surface area (Å²) in [6.07, 6.45) is 15.9. The Morgan fingerprint density at radius 2 is 0.578 bits per heavy atom. The number of hydrogen-bond donors (Lipinski definition) is 0. The third-order valence-corrected chi connectivity index (χ3v) is 16.5. The van der Waals surface area contributed by atoms with Gasteiger partial charge in [0.15, 0.2) is 0 Å². The van der Waals surface area contributed by atoms with Gasteiger partial charge in [0.25, 0.3) is 0 Å². The van der Waals surface area contributed by atoms with Crippen molar-refractivity contribution in [3.05, 3.63) is 117 Å². The van der Waals surface area contributed by atoms with Crippen LogP contribution in [0, 0.1) is 0 Å². The van der Waals surface area contributed by atoms with E-state index in [0.29, 0.717) is 21.7 Å². The van der Waals surface area contributed by atoms with Crippen LogP contribution >= 0.6 is 0 Å². The lowest BCUT2D eigenvalue weighted by molar-refractivity contribution is 0.141. The monoisotopic (exact) mass is 865 g/mol. The standard InChI is InChI=1S/C16H22O.2C15H20O.C14H18O/c1-15(2,3)12-6-4-7-13-14(12)17-11-10-16(13)8-5-9-16;1-14(2,3)11-6-4-7-12-13(11)16-10-15(12)8-5-9-15;1-14(2,3)11-5-4-6-12-13(11)16-10-9-15(12)7-8-15;1-13(2,3)10-5-4-6-11-12(10)15-9-14(11)7-8-14/h4,6-7H,5,8-11H2,1-3H3;4,6-7H,5,8-10H2,1-3H3;4-6H,7-10H2,1-3H3;4-6H,7-9H2,1-3H3. The first kappa shape index (κ1) is 45.2. The van der Waals surface area contributed by atoms with Gasteiger partial charge in [-0.3, -0.25) is 0 Å². The zero-order chi connectivity index (χ0) is 45.6. The van der Waals surface area contributed by atoms with E-state index >= 15 is 0 Å². The maximum absolute atomic E-state index is 6.01. The second-order valence-corrected chi connectivity index (χ2v) is 25.3. The van der Waals surface area contributed by atoms with Gasteiger partial charge in [-0.05, 0) is 108 Å². The molecule has 8 aliphatic rings. The van der Waals surface area contributed by atoms with Crippen molar-refractivity contribution >= 4 is 0 Å². The van der Waals surface area contributed by atoms with Crippen LogP contribution in [-0.2, 0) is 43.3 Å². The molecule has 4 aromatic carbocycles. The highest BCUT2D eigenvalue weighted by Crippen LogP contribution is 2.59. The van der Waals surface area contributed by atoms with E-state index in [1.807, 2.05) is 0 Å². The van der Waals surface area contributed by atoms with E-state index < -0.39 is 0 Å². The van der Waals surface area contributed by atoms with Crippen molar-refractivity contribution in [1.29, 1.82) is 0 Å². The van der Waals surface area contributed by atoms with Crippen molar-refractivity contribution in [1.82, 2.24) is 0 Å². The van der Waals surface area contributed by atoms with Crippen molar-refractivity contribution in [3.63, 3.8) is 0 Å². The zero-order valence-electron chi connectivity index (χ0n) is 41.9. The Morgan fingerprint density at radius 3 is 0.844 bits per heavy atom. The largest absolute Gasteiger partial charge is 0.493 e. The highest BCUT2D eigenvalue weighted by molar-refractivity contribution is 5.56. The third kappa shape index (κ3) is 8.18. The molecule has 4 aromatic rings. The minimum absolute atomic E-state index is 0.174. The van der Waals surface area contributed by atoms with E-state index in [1.54, 1.807) is 0 Å². The van der Waals surface area contributed by atoms with Gasteiger partial charge in [-0.1, -0.05) is 169 Å². The van der Waals surface area contributed by atoms with E-state index in [0.717, 1.165) is 26.4 Å². The smallest absolute Gasteiger partial charge is 0.126 e. The summed E-state index contributed by atoms with van der Waals surface area (Å²) in [6.45, 7) is 30.8. The van der Waals surface area contributed by atoms with Crippen LogP contribution in [-0.4, -0.2) is 26.4 Å². The molecular weight excluding hydrogens is 785 g/mol. The normalized spacial score (nSPS) is 21.4. The molecule has 4 aliphatic carbocycles. The van der Waals surface area contributed by atoms with Crippen LogP contribution in [0.4, 0.5) is 0 Å². The average molecular weight is 865 g/mol. The second kappa shape index (κ2) is 15.9. The van der Waals surface area contributed by atoms with Crippen LogP contribution < -0.4 is 18.9 Å². The summed E-state index contributed by atoms with van der Waals surface area (Å²) in [6, 6.07) is 26.8. The van der Waals surface area contributed by atoms with Crippen molar-refractivity contribution in [3.8, 4) is 23.0 Å². The predicted molar refractivity (Wildman–Crippen MR) is 265 cm³/mol. The van der Waals surface area contributed by atoms with E-state index in [2.05, 4.69) is 156 Å². The fourth-order valence-electron chi connectivity index (χ4n) is 11.7. The summed E-state index contributed by atoms with van der Waals surface area (Å²) < 4.78 is 23.9. The van der Waals surface area contributed by atoms with Gasteiger partial charge >= 0.3 is 0 Å². The van der Waals surface area contributed by atoms with Gasteiger partial charge in [-0.15, -0.1) is 0 Å². The predicted octanol–water partition coefficient (Wildman–Crippen LogP) is 15.2. The zero-order valence-corrected chi connectivity index (χ0v) is 41.9. The highest BCUT2D eigenvalue weighted by Gasteiger charge is 2.52. The lowest BCUT2D eigenvalue weighted by Gasteiger charge is -2.47. The Hall–Kier alpha value is -3.92. The van der Waals surface area contributed by atoms with E-state index in [4.69, 9.17) is 18.9 Å². The number of benzene rings is 4. The molecule has 0 amide bonds. The number of fused-ring (bicyclic) bond motifs is 8. The third-order valence-electron chi connectivity index (χ3n) is 16.5. The molecule has 0 aromatic heterocycles. The fourth-order valence-corrected chi connectivity index (χ4v) is 11.7. The average Bonchev–Trinajstić information content (AvgIpc) is 4.10. The SMILES string of the molecule is CC(C)(C)c1cccc2c1OCC21CC1.CC(C)(C)c1cccc2c1OCC21CCC1.CC(C)(C)c1cccc2c1OCCC21CC1.CC(C)(C)c1cccc2c1OCCC21CCC1. The summed E-state index contributed by atoms with van der Waals surface area (Å²) in [7, 11) is 0. The van der Waals surface area contributed by atoms with Gasteiger partial charge < -0.3 is 18.9 Å². The second-order valence-electron chi connectivity index (χ2n) is 25.3. The summed E-state index contributed by atoms with van der Waals surface area (Å²) >= 11 is 0. The van der Waals surface area contributed by atoms with Crippen molar-refractivity contribution in [2.75, 3.05) is 26.4 Å². The molecule has 0 N–H and O–H groups in total. The van der Waals surface area contributed by atoms with E-state index in [-0.39, 0.29) is 21.7 Å². The Bertz CT molecular complexity index is 2340. The number of para-hydroxylation sites is 4. The first-order chi connectivity index (χ1) is 30.1. The number of ether oxygens (including phenoxy) is 4. The fraction of sp³-hybridized carbons (Fsp3) is 0.600. The number of rotatable bonds is 0. The molecule has 344 valence electrons. The summed E-state index contributed by atoms with van der Waals surface area (Å²) in [5.41, 5.74) is 13.9. The lowest BCUT2D eigenvalue weighted by atomic mass is 9.61. The van der Waals surface area contributed by atoms with Crippen molar-refractivity contribution < 1.29 is 18.9 Å². The highest BCUT2D eigenvalue weighted by atomic mass is 16.5. The van der Waals surface area contributed by atoms with E-state index in [1.165, 1.54) is 145 Å². The van der Waals surface area contributed by atoms with Gasteiger partial charge in [-0.2, -0.15) is 0 Å². The topological polar surface area (TPSA) is 36.9 Å². The minimum atomic E-state index is 0.174. The van der Waals surface area contributed by atoms with Crippen LogP contribution in [0.25, 0.3) is 0 Å². The van der Waals surface area contributed by atoms with Crippen LogP contribution in [0.2, 0.25) is 0 Å². The molecule has 4 saturated carbocycles. The Labute approximate surface area is 387 Å². The molecular formula is C60H80O4. The molecule has 4 spiro atoms. The van der Waals surface area contributed by atoms with Gasteiger partial charge in [0, 0.05) is 43.9 Å². The van der Waals surface area contributed by atoms with Gasteiger partial charge in [-0.25, -0.2) is 0 Å². The Morgan fingerprint density at radius 1 is 0.312 bits per heavy atom. The van der Waals surface area contributed by atoms with Crippen LogP contribution in [0.1, 0.15) is 205 Å². The van der Waals surface area contributed by atoms with Crippen LogP contribution in [0.3, 0.4) is 0 Å². The van der Waals surface area contributed by atoms with Crippen LogP contribution in [0.5, 0.6) is 23.0 Å². The molecule has 0 bridgehead atoms. The van der Waals surface area contributed by atoms with Crippen molar-refractivity contribution in [2.24, 2.45) is 0 Å². The van der Waals surface area contributed by atoms with Crippen molar-refractivity contribution in [2.45, 2.75) is 203 Å². The van der Waals surface area contributed by atoms with Gasteiger partial charge in [0.05, 0.1) is 26.4 Å². The maximum atomic E-state index is 6.01. The quantitative estimate of drug-likeness (QED) is 0.176. The molecule has 4 heterocycles. The van der Waals surface area contributed by atoms with Gasteiger partial charge in [0.1, 0.15) is 23.0 Å². The molecule has 4 fully saturated rings. The maximum Gasteiger partial charge on any atom is 0.126 e. The first-order valence-corrected chi connectivity index (χ1v) is 25.2. The summed E-state index contributed by atoms with van der Waals surface area (Å²) in [5.74, 6) is 4.77. The Kier molecular flexibility index (Phi) is 11.2. The summed E-state index contributed by atoms with van der Waals surface area (Å²) in [5, 5.41) is 0. The van der Waals surface area contributed by atoms with E-state index in [9.17, 15) is 0 Å². The lowest BCUT2D eigenvalue weighted by Crippen LogP contribution is -2.39. The molecule has 0 radical (unpaired) electrons. The molecule has 4 aliphatic heterocycles. The molecule has 4 heteroatoms. The summed E-state index contributed by atoms with van der Waals surface area (Å²) in [4.78, 5) is 0. The van der Waals surface area contributed by atoms with Gasteiger partial charge in [0.2, 0.25) is 0 Å². The van der Waals surface area contributed by atoms with Crippen LogP contribution in [0.15, 0.2) is 72.8 Å². The Balaban J connectivity index is 0.000000108. The molecule has 0 saturated heterocycles.